The third-order valence-electron chi connectivity index (χ3n) is 4.92. The van der Waals surface area contributed by atoms with E-state index in [-0.39, 0.29) is 5.69 Å². The van der Waals surface area contributed by atoms with Crippen LogP contribution in [0.5, 0.6) is 11.5 Å². The number of nitro groups is 1. The molecule has 0 radical (unpaired) electrons. The monoisotopic (exact) mass is 551 g/mol. The Labute approximate surface area is 228 Å². The molecule has 2 rings (SSSR count). The lowest BCUT2D eigenvalue weighted by molar-refractivity contribution is -0.384. The Morgan fingerprint density at radius 2 is 0.821 bits per heavy atom. The van der Waals surface area contributed by atoms with Crippen LogP contribution in [0.4, 0.5) is 5.69 Å². The van der Waals surface area contributed by atoms with E-state index in [9.17, 15) is 14.9 Å². The first-order valence-electron chi connectivity index (χ1n) is 12.7. The summed E-state index contributed by atoms with van der Waals surface area (Å²) < 4.78 is 43.6. The Balaban J connectivity index is 1.23. The van der Waals surface area contributed by atoms with E-state index in [4.69, 9.17) is 37.9 Å². The highest BCUT2D eigenvalue weighted by Crippen LogP contribution is 2.17. The summed E-state index contributed by atoms with van der Waals surface area (Å²) in [7, 11) is 0. The lowest BCUT2D eigenvalue weighted by atomic mass is 10.2. The van der Waals surface area contributed by atoms with Crippen molar-refractivity contribution in [3.8, 4) is 11.5 Å². The van der Waals surface area contributed by atoms with Gasteiger partial charge in [0.05, 0.1) is 84.2 Å². The van der Waals surface area contributed by atoms with Crippen LogP contribution in [0.25, 0.3) is 0 Å². The van der Waals surface area contributed by atoms with Crippen molar-refractivity contribution in [1.82, 2.24) is 0 Å². The van der Waals surface area contributed by atoms with Gasteiger partial charge in [-0.1, -0.05) is 0 Å². The molecule has 0 N–H and O–H groups in total. The molecule has 0 aliphatic rings. The van der Waals surface area contributed by atoms with Gasteiger partial charge in [0.15, 0.2) is 0 Å². The number of nitro benzene ring substituents is 1. The second kappa shape index (κ2) is 21.8. The van der Waals surface area contributed by atoms with E-state index >= 15 is 0 Å². The SMILES string of the molecule is O=Cc1ccc(OCCOCCOCCOCCOCCOCCOCCOc2ccc([N+](=O)[O-])cc2)cc1. The van der Waals surface area contributed by atoms with E-state index in [1.165, 1.54) is 12.1 Å². The Morgan fingerprint density at radius 3 is 1.13 bits per heavy atom. The molecule has 0 saturated heterocycles. The Morgan fingerprint density at radius 1 is 0.513 bits per heavy atom. The second-order valence-electron chi connectivity index (χ2n) is 7.81. The van der Waals surface area contributed by atoms with E-state index in [2.05, 4.69) is 0 Å². The molecule has 0 saturated carbocycles. The number of benzene rings is 2. The third kappa shape index (κ3) is 16.4. The van der Waals surface area contributed by atoms with Crippen LogP contribution < -0.4 is 9.47 Å². The van der Waals surface area contributed by atoms with Crippen LogP contribution in [0.1, 0.15) is 10.4 Å². The Bertz CT molecular complexity index is 894. The fourth-order valence-corrected chi connectivity index (χ4v) is 2.95. The summed E-state index contributed by atoms with van der Waals surface area (Å²) in [6.07, 6.45) is 0.791. The number of hydrogen-bond donors (Lipinski definition) is 0. The average Bonchev–Trinajstić information content (AvgIpc) is 2.96. The van der Waals surface area contributed by atoms with Crippen LogP contribution >= 0.6 is 0 Å². The fourth-order valence-electron chi connectivity index (χ4n) is 2.95. The first-order chi connectivity index (χ1) is 19.2. The predicted octanol–water partition coefficient (Wildman–Crippen LogP) is 2.96. The molecule has 12 heteroatoms. The highest BCUT2D eigenvalue weighted by Gasteiger charge is 2.04. The minimum Gasteiger partial charge on any atom is -0.491 e. The van der Waals surface area contributed by atoms with Gasteiger partial charge in [0, 0.05) is 17.7 Å². The minimum atomic E-state index is -0.455. The van der Waals surface area contributed by atoms with Gasteiger partial charge in [0.25, 0.3) is 5.69 Å². The molecule has 0 aliphatic carbocycles. The van der Waals surface area contributed by atoms with E-state index in [1.807, 2.05) is 0 Å². The molecular formula is C27H37NO11. The predicted molar refractivity (Wildman–Crippen MR) is 141 cm³/mol. The summed E-state index contributed by atoms with van der Waals surface area (Å²) in [6.45, 7) is 6.26. The zero-order valence-electron chi connectivity index (χ0n) is 22.0. The molecule has 0 aliphatic heterocycles. The van der Waals surface area contributed by atoms with Crippen molar-refractivity contribution in [2.24, 2.45) is 0 Å². The molecule has 39 heavy (non-hydrogen) atoms. The van der Waals surface area contributed by atoms with Crippen molar-refractivity contribution in [1.29, 1.82) is 0 Å². The number of rotatable bonds is 25. The van der Waals surface area contributed by atoms with Crippen molar-refractivity contribution in [3.05, 3.63) is 64.2 Å². The molecule has 216 valence electrons. The van der Waals surface area contributed by atoms with Crippen molar-refractivity contribution in [3.63, 3.8) is 0 Å². The van der Waals surface area contributed by atoms with Crippen LogP contribution in [0, 0.1) is 10.1 Å². The molecule has 0 fully saturated rings. The van der Waals surface area contributed by atoms with Gasteiger partial charge in [0.1, 0.15) is 31.0 Å². The lowest BCUT2D eigenvalue weighted by Gasteiger charge is -2.09. The van der Waals surface area contributed by atoms with Crippen LogP contribution in [0.15, 0.2) is 48.5 Å². The number of non-ortho nitro benzene ring substituents is 1. The van der Waals surface area contributed by atoms with Gasteiger partial charge in [-0.05, 0) is 36.4 Å². The van der Waals surface area contributed by atoms with Gasteiger partial charge in [-0.2, -0.15) is 0 Å². The molecule has 0 bridgehead atoms. The van der Waals surface area contributed by atoms with E-state index in [0.717, 1.165) is 6.29 Å². The fraction of sp³-hybridized carbons (Fsp3) is 0.519. The molecule has 0 amide bonds. The van der Waals surface area contributed by atoms with Crippen molar-refractivity contribution < 1.29 is 47.6 Å². The molecule has 2 aromatic rings. The first kappa shape index (κ1) is 32.1. The summed E-state index contributed by atoms with van der Waals surface area (Å²) in [5.74, 6) is 1.25. The summed E-state index contributed by atoms with van der Waals surface area (Å²) in [5, 5.41) is 10.6. The molecule has 2 aromatic carbocycles. The Kier molecular flexibility index (Phi) is 17.9. The normalized spacial score (nSPS) is 10.9. The van der Waals surface area contributed by atoms with Crippen LogP contribution in [0.3, 0.4) is 0 Å². The van der Waals surface area contributed by atoms with E-state index in [1.54, 1.807) is 36.4 Å². The smallest absolute Gasteiger partial charge is 0.269 e. The van der Waals surface area contributed by atoms with Crippen molar-refractivity contribution in [2.75, 3.05) is 92.5 Å². The number of nitrogens with zero attached hydrogens (tertiary/aromatic N) is 1. The van der Waals surface area contributed by atoms with Gasteiger partial charge in [0.2, 0.25) is 0 Å². The highest BCUT2D eigenvalue weighted by molar-refractivity contribution is 5.74. The molecule has 0 heterocycles. The molecule has 0 unspecified atom stereocenters. The maximum Gasteiger partial charge on any atom is 0.269 e. The standard InChI is InChI=1S/C27H37NO11/c29-23-24-1-5-26(6-2-24)38-21-19-36-17-15-34-13-11-32-9-10-33-12-14-35-16-18-37-20-22-39-27-7-3-25(4-8-27)28(30)31/h1-8,23H,9-22H2. The van der Waals surface area contributed by atoms with Crippen molar-refractivity contribution >= 4 is 12.0 Å². The largest absolute Gasteiger partial charge is 0.491 e. The number of carbonyl (C=O) groups is 1. The minimum absolute atomic E-state index is 0.0242. The quantitative estimate of drug-likeness (QED) is 0.0780. The van der Waals surface area contributed by atoms with E-state index in [0.29, 0.717) is 110 Å². The van der Waals surface area contributed by atoms with Gasteiger partial charge in [-0.25, -0.2) is 0 Å². The first-order valence-corrected chi connectivity index (χ1v) is 12.7. The summed E-state index contributed by atoms with van der Waals surface area (Å²) in [6, 6.07) is 12.8. The van der Waals surface area contributed by atoms with E-state index < -0.39 is 4.92 Å². The van der Waals surface area contributed by atoms with Gasteiger partial charge in [-0.3, -0.25) is 14.9 Å². The number of ether oxygens (including phenoxy) is 8. The zero-order chi connectivity index (χ0) is 27.8. The third-order valence-corrected chi connectivity index (χ3v) is 4.92. The topological polar surface area (TPSA) is 134 Å². The average molecular weight is 552 g/mol. The van der Waals surface area contributed by atoms with Crippen molar-refractivity contribution in [2.45, 2.75) is 0 Å². The molecule has 0 spiro atoms. The maximum absolute atomic E-state index is 10.6. The summed E-state index contributed by atoms with van der Waals surface area (Å²) in [5.41, 5.74) is 0.636. The van der Waals surface area contributed by atoms with Crippen LogP contribution in [-0.4, -0.2) is 104 Å². The van der Waals surface area contributed by atoms with Crippen LogP contribution in [0.2, 0.25) is 0 Å². The number of carbonyl (C=O) groups excluding carboxylic acids is 1. The van der Waals surface area contributed by atoms with Gasteiger partial charge < -0.3 is 37.9 Å². The van der Waals surface area contributed by atoms with Gasteiger partial charge in [-0.15, -0.1) is 0 Å². The second-order valence-corrected chi connectivity index (χ2v) is 7.81. The Hall–Kier alpha value is -3.13. The molecule has 0 aromatic heterocycles. The van der Waals surface area contributed by atoms with Gasteiger partial charge >= 0.3 is 0 Å². The molecular weight excluding hydrogens is 514 g/mol. The molecule has 0 atom stereocenters. The highest BCUT2D eigenvalue weighted by atomic mass is 16.6. The molecule has 12 nitrogen and oxygen atoms in total. The maximum atomic E-state index is 10.6. The van der Waals surface area contributed by atoms with Crippen LogP contribution in [-0.2, 0) is 28.4 Å². The lowest BCUT2D eigenvalue weighted by Crippen LogP contribution is -2.15. The number of hydrogen-bond acceptors (Lipinski definition) is 11. The summed E-state index contributed by atoms with van der Waals surface area (Å²) in [4.78, 5) is 20.8. The number of aldehydes is 1. The zero-order valence-corrected chi connectivity index (χ0v) is 22.0. The summed E-state index contributed by atoms with van der Waals surface area (Å²) >= 11 is 0.